The third kappa shape index (κ3) is 3.09. The Bertz CT molecular complexity index is 680. The van der Waals surface area contributed by atoms with Crippen molar-refractivity contribution in [1.29, 1.82) is 5.26 Å². The van der Waals surface area contributed by atoms with E-state index in [4.69, 9.17) is 5.26 Å². The number of amides is 2. The van der Waals surface area contributed by atoms with E-state index in [2.05, 4.69) is 5.32 Å². The quantitative estimate of drug-likeness (QED) is 0.847. The predicted molar refractivity (Wildman–Crippen MR) is 74.1 cm³/mol. The molecule has 1 N–H and O–H groups in total. The Labute approximate surface area is 116 Å². The fourth-order valence-corrected chi connectivity index (χ4v) is 1.65. The first-order valence-electron chi connectivity index (χ1n) is 6.02. The fourth-order valence-electron chi connectivity index (χ4n) is 1.65. The molecule has 4 heteroatoms. The van der Waals surface area contributed by atoms with Crippen LogP contribution < -0.4 is 5.32 Å². The predicted octanol–water partition coefficient (Wildman–Crippen LogP) is 2.44. The lowest BCUT2D eigenvalue weighted by Gasteiger charge is -2.04. The van der Waals surface area contributed by atoms with Gasteiger partial charge in [0.15, 0.2) is 0 Å². The molecule has 0 saturated heterocycles. The van der Waals surface area contributed by atoms with Crippen molar-refractivity contribution in [2.45, 2.75) is 6.92 Å². The molecule has 0 aromatic heterocycles. The number of nitrogens with zero attached hydrogens (tertiary/aromatic N) is 1. The van der Waals surface area contributed by atoms with Gasteiger partial charge in [0.25, 0.3) is 11.8 Å². The number of aryl methyl sites for hydroxylation is 1. The Morgan fingerprint density at radius 3 is 1.80 bits per heavy atom. The summed E-state index contributed by atoms with van der Waals surface area (Å²) in [6.07, 6.45) is 0. The molecule has 4 nitrogen and oxygen atoms in total. The zero-order valence-electron chi connectivity index (χ0n) is 10.9. The van der Waals surface area contributed by atoms with Crippen molar-refractivity contribution in [2.24, 2.45) is 0 Å². The number of imide groups is 1. The van der Waals surface area contributed by atoms with E-state index in [-0.39, 0.29) is 0 Å². The maximum absolute atomic E-state index is 11.9. The number of carbonyl (C=O) groups is 2. The summed E-state index contributed by atoms with van der Waals surface area (Å²) < 4.78 is 0. The van der Waals surface area contributed by atoms with Gasteiger partial charge in [-0.1, -0.05) is 17.7 Å². The van der Waals surface area contributed by atoms with Gasteiger partial charge in [0.2, 0.25) is 0 Å². The molecule has 0 fully saturated rings. The summed E-state index contributed by atoms with van der Waals surface area (Å²) in [6.45, 7) is 1.92. The Morgan fingerprint density at radius 1 is 0.900 bits per heavy atom. The molecule has 2 amide bonds. The second kappa shape index (κ2) is 5.81. The van der Waals surface area contributed by atoms with Gasteiger partial charge in [0.1, 0.15) is 0 Å². The third-order valence-corrected chi connectivity index (χ3v) is 2.82. The van der Waals surface area contributed by atoms with Crippen molar-refractivity contribution in [3.63, 3.8) is 0 Å². The molecule has 0 radical (unpaired) electrons. The van der Waals surface area contributed by atoms with Crippen molar-refractivity contribution in [2.75, 3.05) is 0 Å². The van der Waals surface area contributed by atoms with Gasteiger partial charge in [-0.3, -0.25) is 14.9 Å². The van der Waals surface area contributed by atoms with Crippen molar-refractivity contribution in [3.05, 3.63) is 70.8 Å². The van der Waals surface area contributed by atoms with Crippen LogP contribution in [0, 0.1) is 18.3 Å². The number of nitrogens with one attached hydrogen (secondary N) is 1. The maximum atomic E-state index is 11.9. The first-order chi connectivity index (χ1) is 9.60. The highest BCUT2D eigenvalue weighted by Gasteiger charge is 2.11. The summed E-state index contributed by atoms with van der Waals surface area (Å²) in [5.74, 6) is -0.931. The molecule has 2 rings (SSSR count). The Kier molecular flexibility index (Phi) is 3.92. The first kappa shape index (κ1) is 13.5. The summed E-state index contributed by atoms with van der Waals surface area (Å²) in [5.41, 5.74) is 2.27. The van der Waals surface area contributed by atoms with E-state index in [1.165, 1.54) is 24.3 Å². The largest absolute Gasteiger partial charge is 0.288 e. The molecule has 0 bridgehead atoms. The summed E-state index contributed by atoms with van der Waals surface area (Å²) >= 11 is 0. The van der Waals surface area contributed by atoms with E-state index in [0.29, 0.717) is 16.7 Å². The maximum Gasteiger partial charge on any atom is 0.258 e. The molecule has 0 aliphatic rings. The lowest BCUT2D eigenvalue weighted by atomic mass is 10.1. The minimum atomic E-state index is -0.486. The average Bonchev–Trinajstić information content (AvgIpc) is 2.48. The van der Waals surface area contributed by atoms with E-state index in [1.54, 1.807) is 24.3 Å². The van der Waals surface area contributed by atoms with Crippen molar-refractivity contribution < 1.29 is 9.59 Å². The molecule has 0 spiro atoms. The summed E-state index contributed by atoms with van der Waals surface area (Å²) in [5, 5.41) is 11.0. The number of nitriles is 1. The van der Waals surface area contributed by atoms with Crippen molar-refractivity contribution in [3.8, 4) is 6.07 Å². The number of hydrogen-bond acceptors (Lipinski definition) is 3. The van der Waals surface area contributed by atoms with Crippen LogP contribution in [0.15, 0.2) is 48.5 Å². The molecule has 98 valence electrons. The van der Waals surface area contributed by atoms with Gasteiger partial charge in [-0.15, -0.1) is 0 Å². The Hall–Kier alpha value is -2.93. The molecule has 2 aromatic rings. The van der Waals surface area contributed by atoms with Crippen molar-refractivity contribution in [1.82, 2.24) is 5.32 Å². The van der Waals surface area contributed by atoms with Gasteiger partial charge in [0, 0.05) is 11.1 Å². The second-order valence-electron chi connectivity index (χ2n) is 4.34. The normalized spacial score (nSPS) is 9.60. The van der Waals surface area contributed by atoms with Gasteiger partial charge in [-0.25, -0.2) is 0 Å². The third-order valence-electron chi connectivity index (χ3n) is 2.82. The molecule has 0 unspecified atom stereocenters. The van der Waals surface area contributed by atoms with E-state index in [1.807, 2.05) is 13.0 Å². The lowest BCUT2D eigenvalue weighted by molar-refractivity contribution is 0.0849. The van der Waals surface area contributed by atoms with Crippen LogP contribution in [0.4, 0.5) is 0 Å². The molecule has 0 saturated carbocycles. The fraction of sp³-hybridized carbons (Fsp3) is 0.0625. The van der Waals surface area contributed by atoms with Crippen LogP contribution in [0.2, 0.25) is 0 Å². The van der Waals surface area contributed by atoms with Crippen LogP contribution in [-0.4, -0.2) is 11.8 Å². The molecule has 2 aromatic carbocycles. The highest BCUT2D eigenvalue weighted by atomic mass is 16.2. The lowest BCUT2D eigenvalue weighted by Crippen LogP contribution is -2.30. The molecule has 20 heavy (non-hydrogen) atoms. The summed E-state index contributed by atoms with van der Waals surface area (Å²) in [6, 6.07) is 15.0. The first-order valence-corrected chi connectivity index (χ1v) is 6.02. The van der Waals surface area contributed by atoms with Gasteiger partial charge >= 0.3 is 0 Å². The van der Waals surface area contributed by atoms with Gasteiger partial charge < -0.3 is 0 Å². The van der Waals surface area contributed by atoms with Crippen LogP contribution in [0.5, 0.6) is 0 Å². The topological polar surface area (TPSA) is 70.0 Å². The highest BCUT2D eigenvalue weighted by Crippen LogP contribution is 2.05. The number of hydrogen-bond donors (Lipinski definition) is 1. The minimum Gasteiger partial charge on any atom is -0.288 e. The Balaban J connectivity index is 2.09. The van der Waals surface area contributed by atoms with E-state index >= 15 is 0 Å². The monoisotopic (exact) mass is 264 g/mol. The van der Waals surface area contributed by atoms with Gasteiger partial charge in [-0.05, 0) is 43.3 Å². The van der Waals surface area contributed by atoms with Gasteiger partial charge in [-0.2, -0.15) is 5.26 Å². The Morgan fingerprint density at radius 2 is 1.35 bits per heavy atom. The van der Waals surface area contributed by atoms with Crippen molar-refractivity contribution >= 4 is 11.8 Å². The van der Waals surface area contributed by atoms with Gasteiger partial charge in [0.05, 0.1) is 11.6 Å². The molecule has 0 atom stereocenters. The van der Waals surface area contributed by atoms with Crippen LogP contribution in [0.1, 0.15) is 31.8 Å². The second-order valence-corrected chi connectivity index (χ2v) is 4.34. The summed E-state index contributed by atoms with van der Waals surface area (Å²) in [4.78, 5) is 23.8. The van der Waals surface area contributed by atoms with Crippen LogP contribution in [-0.2, 0) is 0 Å². The van der Waals surface area contributed by atoms with Crippen LogP contribution >= 0.6 is 0 Å². The molecule has 0 heterocycles. The van der Waals surface area contributed by atoms with E-state index in [9.17, 15) is 9.59 Å². The van der Waals surface area contributed by atoms with E-state index < -0.39 is 11.8 Å². The van der Waals surface area contributed by atoms with E-state index in [0.717, 1.165) is 5.56 Å². The molecular formula is C16H12N2O2. The number of rotatable bonds is 2. The number of carbonyl (C=O) groups excluding carboxylic acids is 2. The zero-order chi connectivity index (χ0) is 14.5. The average molecular weight is 264 g/mol. The van der Waals surface area contributed by atoms with Crippen LogP contribution in [0.25, 0.3) is 0 Å². The molecule has 0 aliphatic heterocycles. The standard InChI is InChI=1S/C16H12N2O2/c1-11-2-6-13(7-3-11)15(19)18-16(20)14-8-4-12(10-17)5-9-14/h2-9H,1H3,(H,18,19,20). The van der Waals surface area contributed by atoms with Crippen LogP contribution in [0.3, 0.4) is 0 Å². The number of benzene rings is 2. The minimum absolute atomic E-state index is 0.337. The summed E-state index contributed by atoms with van der Waals surface area (Å²) in [7, 11) is 0. The molecular weight excluding hydrogens is 252 g/mol. The highest BCUT2D eigenvalue weighted by molar-refractivity contribution is 6.10. The smallest absolute Gasteiger partial charge is 0.258 e. The zero-order valence-corrected chi connectivity index (χ0v) is 10.9. The molecule has 0 aliphatic carbocycles. The SMILES string of the molecule is Cc1ccc(C(=O)NC(=O)c2ccc(C#N)cc2)cc1.